The Hall–Kier alpha value is 2.76. The Kier molecular flexibility index (Phi) is 14.8. The minimum atomic E-state index is -4.97. The van der Waals surface area contributed by atoms with Crippen LogP contribution in [0.5, 0.6) is 0 Å². The Balaban J connectivity index is -0.000000120. The van der Waals surface area contributed by atoms with Crippen LogP contribution in [0.25, 0.3) is 0 Å². The van der Waals surface area contributed by atoms with Gasteiger partial charge in [0.1, 0.15) is 0 Å². The molecule has 0 aromatic rings. The summed E-state index contributed by atoms with van der Waals surface area (Å²) in [5, 5.41) is 0. The second kappa shape index (κ2) is 9.66. The number of phosphoric ester groups is 1. The van der Waals surface area contributed by atoms with Crippen LogP contribution in [-0.4, -0.2) is 35.3 Å². The number of phosphoric acid groups is 1. The van der Waals surface area contributed by atoms with E-state index in [-0.39, 0.29) is 106 Å². The van der Waals surface area contributed by atoms with E-state index in [2.05, 4.69) is 8.71 Å². The first-order valence-corrected chi connectivity index (χ1v) is 5.39. The van der Waals surface area contributed by atoms with Crippen molar-refractivity contribution in [2.24, 2.45) is 0 Å². The Morgan fingerprint density at radius 2 is 1.73 bits per heavy atom. The van der Waals surface area contributed by atoms with E-state index in [1.54, 1.807) is 0 Å². The van der Waals surface area contributed by atoms with Crippen LogP contribution in [0.3, 0.4) is 0 Å². The van der Waals surface area contributed by atoms with Crippen LogP contribution in [-0.2, 0) is 28.5 Å². The van der Waals surface area contributed by atoms with Crippen molar-refractivity contribution in [2.75, 3.05) is 6.61 Å². The zero-order chi connectivity index (χ0) is 10.7. The van der Waals surface area contributed by atoms with Crippen LogP contribution in [0, 0.1) is 0 Å². The largest absolute Gasteiger partial charge is 1.00 e. The van der Waals surface area contributed by atoms with E-state index < -0.39 is 30.8 Å². The molecule has 3 N–H and O–H groups in total. The molecule has 9 nitrogen and oxygen atoms in total. The van der Waals surface area contributed by atoms with Gasteiger partial charge in [-0.1, -0.05) is 0 Å². The quantitative estimate of drug-likeness (QED) is 0.261. The zero-order valence-electron chi connectivity index (χ0n) is 9.85. The van der Waals surface area contributed by atoms with Crippen LogP contribution in [0.15, 0.2) is 0 Å². The Morgan fingerprint density at radius 1 is 1.33 bits per heavy atom. The molecule has 0 aliphatic heterocycles. The SMILES string of the molecule is O=C(COP(=O)(O)O)OS(=O)(=O)O.[H-].[H-].[K+].[K+]. The normalized spacial score (nSPS) is 10.9. The number of rotatable bonds is 4. The topological polar surface area (TPSA) is 147 Å². The minimum Gasteiger partial charge on any atom is -1.00 e. The molecule has 0 aromatic heterocycles. The summed E-state index contributed by atoms with van der Waals surface area (Å²) in [6.45, 7) is -1.29. The summed E-state index contributed by atoms with van der Waals surface area (Å²) in [6, 6.07) is 0. The van der Waals surface area contributed by atoms with Crippen molar-refractivity contribution in [1.82, 2.24) is 0 Å². The predicted octanol–water partition coefficient (Wildman–Crippen LogP) is -7.33. The summed E-state index contributed by atoms with van der Waals surface area (Å²) in [6.07, 6.45) is 0. The Labute approximate surface area is 173 Å². The molecule has 0 bridgehead atoms. The summed E-state index contributed by atoms with van der Waals surface area (Å²) in [5.41, 5.74) is 0. The summed E-state index contributed by atoms with van der Waals surface area (Å²) in [7, 11) is -9.84. The van der Waals surface area contributed by atoms with Crippen LogP contribution in [0.4, 0.5) is 0 Å². The number of carbonyl (C=O) groups excluding carboxylic acids is 1. The summed E-state index contributed by atoms with van der Waals surface area (Å²) in [5.74, 6) is -1.65. The van der Waals surface area contributed by atoms with Gasteiger partial charge in [0.15, 0.2) is 6.61 Å². The van der Waals surface area contributed by atoms with Gasteiger partial charge in [-0.25, -0.2) is 9.36 Å². The predicted molar refractivity (Wildman–Crippen MR) is 37.9 cm³/mol. The fourth-order valence-corrected chi connectivity index (χ4v) is 0.835. The fraction of sp³-hybridized carbons (Fsp3) is 0.500. The van der Waals surface area contributed by atoms with Crippen molar-refractivity contribution in [3.63, 3.8) is 0 Å². The van der Waals surface area contributed by atoms with E-state index >= 15 is 0 Å². The average molecular weight is 316 g/mol. The van der Waals surface area contributed by atoms with E-state index in [9.17, 15) is 17.8 Å². The van der Waals surface area contributed by atoms with Gasteiger partial charge in [0.05, 0.1) is 0 Å². The molecule has 0 amide bonds. The van der Waals surface area contributed by atoms with Crippen molar-refractivity contribution in [2.45, 2.75) is 0 Å². The summed E-state index contributed by atoms with van der Waals surface area (Å²) < 4.78 is 44.3. The monoisotopic (exact) mass is 316 g/mol. The van der Waals surface area contributed by atoms with Gasteiger partial charge in [0, 0.05) is 0 Å². The van der Waals surface area contributed by atoms with E-state index in [0.29, 0.717) is 0 Å². The summed E-state index contributed by atoms with van der Waals surface area (Å²) >= 11 is 0. The standard InChI is InChI=1S/C2H5O9PS.2K.2H/c3-2(11-13(7,8)9)1-10-12(4,5)6;;;;/h1H2,(H2,4,5,6)(H,7,8,9);;;;/q;2*+1;2*-1. The van der Waals surface area contributed by atoms with Crippen molar-refractivity contribution < 1.29 is 146 Å². The molecule has 0 saturated carbocycles. The first kappa shape index (κ1) is 22.9. The fourth-order valence-electron chi connectivity index (χ4n) is 0.278. The van der Waals surface area contributed by atoms with Gasteiger partial charge in [0.25, 0.3) is 0 Å². The third-order valence-corrected chi connectivity index (χ3v) is 1.41. The van der Waals surface area contributed by atoms with Crippen LogP contribution in [0.2, 0.25) is 0 Å². The number of hydrogen-bond donors (Lipinski definition) is 3. The summed E-state index contributed by atoms with van der Waals surface area (Å²) in [4.78, 5) is 26.3. The average Bonchev–Trinajstić information content (AvgIpc) is 1.78. The molecule has 82 valence electrons. The van der Waals surface area contributed by atoms with Gasteiger partial charge in [0.2, 0.25) is 0 Å². The molecule has 0 radical (unpaired) electrons. The van der Waals surface area contributed by atoms with Crippen LogP contribution >= 0.6 is 7.82 Å². The van der Waals surface area contributed by atoms with Gasteiger partial charge in [-0.3, -0.25) is 9.08 Å². The van der Waals surface area contributed by atoms with Gasteiger partial charge < -0.3 is 16.8 Å². The van der Waals surface area contributed by atoms with Gasteiger partial charge in [-0.2, -0.15) is 8.42 Å². The zero-order valence-corrected chi connectivity index (χ0v) is 15.8. The van der Waals surface area contributed by atoms with Gasteiger partial charge in [-0.15, -0.1) is 0 Å². The molecule has 0 unspecified atom stereocenters. The van der Waals surface area contributed by atoms with E-state index in [0.717, 1.165) is 0 Å². The minimum absolute atomic E-state index is 0. The van der Waals surface area contributed by atoms with Crippen molar-refractivity contribution >= 4 is 24.2 Å². The molecule has 0 aliphatic rings. The maximum atomic E-state index is 10.3. The van der Waals surface area contributed by atoms with Crippen LogP contribution in [0.1, 0.15) is 2.85 Å². The molecule has 0 heterocycles. The van der Waals surface area contributed by atoms with Gasteiger partial charge >= 0.3 is 127 Å². The molecule has 0 aromatic carbocycles. The Bertz CT molecular complexity index is 339. The molecule has 0 atom stereocenters. The molecule has 13 heteroatoms. The molecular weight excluding hydrogens is 309 g/mol. The molecule has 0 saturated heterocycles. The first-order valence-electron chi connectivity index (χ1n) is 2.50. The molecule has 0 spiro atoms. The van der Waals surface area contributed by atoms with E-state index in [1.165, 1.54) is 0 Å². The van der Waals surface area contributed by atoms with E-state index in [1.807, 2.05) is 0 Å². The molecule has 15 heavy (non-hydrogen) atoms. The maximum absolute atomic E-state index is 10.3. The van der Waals surface area contributed by atoms with E-state index in [4.69, 9.17) is 14.3 Å². The van der Waals surface area contributed by atoms with Crippen molar-refractivity contribution in [1.29, 1.82) is 0 Å². The van der Waals surface area contributed by atoms with Crippen LogP contribution < -0.4 is 103 Å². The Morgan fingerprint density at radius 3 is 2.00 bits per heavy atom. The third kappa shape index (κ3) is 19.3. The maximum Gasteiger partial charge on any atom is 1.00 e. The van der Waals surface area contributed by atoms with Crippen molar-refractivity contribution in [3.8, 4) is 0 Å². The molecular formula is C2H7K2O9PS. The number of hydrogen-bond acceptors (Lipinski definition) is 6. The first-order chi connectivity index (χ1) is 5.60. The van der Waals surface area contributed by atoms with Gasteiger partial charge in [-0.05, 0) is 0 Å². The smallest absolute Gasteiger partial charge is 1.00 e. The molecule has 0 fully saturated rings. The van der Waals surface area contributed by atoms with Crippen molar-refractivity contribution in [3.05, 3.63) is 0 Å². The third-order valence-electron chi connectivity index (χ3n) is 0.549. The molecule has 0 rings (SSSR count). The molecule has 0 aliphatic carbocycles. The number of carbonyl (C=O) groups is 1. The second-order valence-corrected chi connectivity index (χ2v) is 3.91. The second-order valence-electron chi connectivity index (χ2n) is 1.65.